The molecule has 0 aliphatic rings. The number of hydrogen-bond acceptors (Lipinski definition) is 6. The molecule has 0 heterocycles. The van der Waals surface area contributed by atoms with Crippen molar-refractivity contribution >= 4 is 18.2 Å². The van der Waals surface area contributed by atoms with Crippen LogP contribution in [-0.4, -0.2) is 31.3 Å². The van der Waals surface area contributed by atoms with Gasteiger partial charge in [-0.25, -0.2) is 30.4 Å². The number of aliphatic imine (C=N–C) groups is 2. The fourth-order valence-corrected chi connectivity index (χ4v) is 0.827. The molecule has 0 aromatic heterocycles. The molecule has 15 heavy (non-hydrogen) atoms. The summed E-state index contributed by atoms with van der Waals surface area (Å²) in [4.78, 5) is 26.1. The Kier molecular flexibility index (Phi) is 18.8. The molecule has 6 nitrogen and oxygen atoms in total. The molecule has 0 bridgehead atoms. The van der Waals surface area contributed by atoms with Crippen molar-refractivity contribution in [3.8, 4) is 0 Å². The fraction of sp³-hybridized carbons (Fsp3) is 0.667. The second-order valence-electron chi connectivity index (χ2n) is 2.49. The van der Waals surface area contributed by atoms with E-state index in [0.717, 1.165) is 25.7 Å². The van der Waals surface area contributed by atoms with Crippen molar-refractivity contribution in [3.63, 3.8) is 0 Å². The van der Waals surface area contributed by atoms with Crippen LogP contribution in [0.5, 0.6) is 0 Å². The van der Waals surface area contributed by atoms with Crippen molar-refractivity contribution in [2.24, 2.45) is 9.98 Å². The summed E-state index contributed by atoms with van der Waals surface area (Å²) < 4.78 is 0. The molecule has 0 aromatic carbocycles. The maximum atomic E-state index is 9.63. The summed E-state index contributed by atoms with van der Waals surface area (Å²) in [6.07, 6.45) is 6.80. The highest BCUT2D eigenvalue weighted by Crippen LogP contribution is 1.99. The highest BCUT2D eigenvalue weighted by Gasteiger charge is 1.87. The van der Waals surface area contributed by atoms with Crippen molar-refractivity contribution in [1.29, 1.82) is 10.8 Å². The molecular weight excluding hydrogens is 196 g/mol. The first-order chi connectivity index (χ1) is 7.33. The molecule has 82 valence electrons. The molecule has 0 aromatic rings. The second-order valence-corrected chi connectivity index (χ2v) is 2.49. The van der Waals surface area contributed by atoms with E-state index in [-0.39, 0.29) is 0 Å². The Bertz CT molecular complexity index is 237. The van der Waals surface area contributed by atoms with Crippen LogP contribution in [0.25, 0.3) is 0 Å². The topological polar surface area (TPSA) is 107 Å². The van der Waals surface area contributed by atoms with E-state index in [9.17, 15) is 9.59 Å². The first kappa shape index (κ1) is 15.6. The van der Waals surface area contributed by atoms with E-state index in [0.29, 0.717) is 13.1 Å². The van der Waals surface area contributed by atoms with Crippen LogP contribution >= 0.6 is 0 Å². The van der Waals surface area contributed by atoms with E-state index in [1.165, 1.54) is 18.2 Å². The van der Waals surface area contributed by atoms with Gasteiger partial charge in [0, 0.05) is 0 Å². The highest BCUT2D eigenvalue weighted by atomic mass is 16.1. The van der Waals surface area contributed by atoms with Gasteiger partial charge in [0.05, 0.1) is 19.1 Å². The zero-order chi connectivity index (χ0) is 11.8. The summed E-state index contributed by atoms with van der Waals surface area (Å²) in [6.45, 7) is 1.11. The van der Waals surface area contributed by atoms with E-state index in [4.69, 9.17) is 10.8 Å². The molecule has 0 amide bonds. The van der Waals surface area contributed by atoms with Crippen LogP contribution in [0.2, 0.25) is 0 Å². The van der Waals surface area contributed by atoms with E-state index in [2.05, 4.69) is 9.98 Å². The van der Waals surface area contributed by atoms with Crippen molar-refractivity contribution < 1.29 is 9.59 Å². The maximum Gasteiger partial charge on any atom is 0.234 e. The minimum absolute atomic E-state index is 0.556. The lowest BCUT2D eigenvalue weighted by Gasteiger charge is -1.93. The molecule has 0 fully saturated rings. The Balaban J connectivity index is 0. The Morgan fingerprint density at radius 3 is 1.40 bits per heavy atom. The van der Waals surface area contributed by atoms with Crippen LogP contribution in [0, 0.1) is 10.8 Å². The average Bonchev–Trinajstić information content (AvgIpc) is 2.23. The molecule has 0 aliphatic carbocycles. The van der Waals surface area contributed by atoms with Gasteiger partial charge in [-0.1, -0.05) is 12.8 Å². The summed E-state index contributed by atoms with van der Waals surface area (Å²) in [6, 6.07) is 1.25. The summed E-state index contributed by atoms with van der Waals surface area (Å²) >= 11 is 0. The lowest BCUT2D eigenvalue weighted by Crippen LogP contribution is -1.84. The van der Waals surface area contributed by atoms with Gasteiger partial charge in [-0.15, -0.1) is 0 Å². The second kappa shape index (κ2) is 18.0. The molecule has 6 heteroatoms. The lowest BCUT2D eigenvalue weighted by atomic mass is 10.2. The van der Waals surface area contributed by atoms with E-state index in [1.54, 1.807) is 0 Å². The third-order valence-corrected chi connectivity index (χ3v) is 1.42. The van der Waals surface area contributed by atoms with Crippen LogP contribution in [0.1, 0.15) is 25.7 Å². The Labute approximate surface area is 88.1 Å². The molecule has 2 N–H and O–H groups in total. The van der Waals surface area contributed by atoms with Gasteiger partial charge in [-0.05, 0) is 12.8 Å². The van der Waals surface area contributed by atoms with Crippen LogP contribution < -0.4 is 0 Å². The number of rotatable bonds is 7. The molecule has 0 saturated heterocycles. The minimum atomic E-state index is 0.556. The maximum absolute atomic E-state index is 9.63. The molecule has 0 radical (unpaired) electrons. The zero-order valence-electron chi connectivity index (χ0n) is 8.45. The first-order valence-electron chi connectivity index (χ1n) is 4.49. The van der Waals surface area contributed by atoms with Crippen LogP contribution in [0.4, 0.5) is 0 Å². The predicted octanol–water partition coefficient (Wildman–Crippen LogP) is 1.54. The van der Waals surface area contributed by atoms with Gasteiger partial charge in [0.1, 0.15) is 0 Å². The molecule has 0 spiro atoms. The highest BCUT2D eigenvalue weighted by molar-refractivity contribution is 5.32. The molecule has 0 saturated carbocycles. The van der Waals surface area contributed by atoms with E-state index < -0.39 is 0 Å². The van der Waals surface area contributed by atoms with E-state index in [1.807, 2.05) is 0 Å². The first-order valence-corrected chi connectivity index (χ1v) is 4.49. The van der Waals surface area contributed by atoms with Gasteiger partial charge in [-0.3, -0.25) is 0 Å². The average molecular weight is 210 g/mol. The Morgan fingerprint density at radius 1 is 0.800 bits per heavy atom. The largest absolute Gasteiger partial charge is 0.242 e. The van der Waals surface area contributed by atoms with Crippen LogP contribution in [0.15, 0.2) is 9.98 Å². The van der Waals surface area contributed by atoms with Gasteiger partial charge in [0.25, 0.3) is 0 Å². The van der Waals surface area contributed by atoms with Crippen molar-refractivity contribution in [3.05, 3.63) is 0 Å². The molecule has 0 atom stereocenters. The van der Waals surface area contributed by atoms with Gasteiger partial charge >= 0.3 is 0 Å². The molecule has 0 unspecified atom stereocenters. The summed E-state index contributed by atoms with van der Waals surface area (Å²) in [5, 5.41) is 11.2. The van der Waals surface area contributed by atoms with Crippen molar-refractivity contribution in [2.75, 3.05) is 13.1 Å². The van der Waals surface area contributed by atoms with Gasteiger partial charge < -0.3 is 0 Å². The van der Waals surface area contributed by atoms with Gasteiger partial charge in [0.15, 0.2) is 0 Å². The normalized spacial score (nSPS) is 7.20. The quantitative estimate of drug-likeness (QED) is 0.377. The third kappa shape index (κ3) is 24.5. The van der Waals surface area contributed by atoms with Crippen LogP contribution in [-0.2, 0) is 9.59 Å². The molecular formula is C9H14N4O2. The van der Waals surface area contributed by atoms with E-state index >= 15 is 0 Å². The Morgan fingerprint density at radius 2 is 1.13 bits per heavy atom. The number of isocyanates is 2. The van der Waals surface area contributed by atoms with Crippen molar-refractivity contribution in [1.82, 2.24) is 0 Å². The van der Waals surface area contributed by atoms with Gasteiger partial charge in [0.2, 0.25) is 12.2 Å². The van der Waals surface area contributed by atoms with Gasteiger partial charge in [-0.2, -0.15) is 0 Å². The summed E-state index contributed by atoms with van der Waals surface area (Å²) in [7, 11) is 0. The number of unbranched alkanes of at least 4 members (excludes halogenated alkanes) is 3. The fourth-order valence-electron chi connectivity index (χ4n) is 0.827. The zero-order valence-corrected chi connectivity index (χ0v) is 8.45. The van der Waals surface area contributed by atoms with Crippen molar-refractivity contribution in [2.45, 2.75) is 25.7 Å². The predicted molar refractivity (Wildman–Crippen MR) is 54.9 cm³/mol. The molecule has 0 rings (SSSR count). The smallest absolute Gasteiger partial charge is 0.234 e. The number of nitrogens with zero attached hydrogens (tertiary/aromatic N) is 2. The monoisotopic (exact) mass is 210 g/mol. The number of carbonyl (C=O) groups excluding carboxylic acids is 2. The minimum Gasteiger partial charge on any atom is -0.242 e. The lowest BCUT2D eigenvalue weighted by molar-refractivity contribution is 0.558. The Hall–Kier alpha value is -1.86. The SMILES string of the molecule is N=C=N.O=C=NCCCCCCN=C=O. The summed E-state index contributed by atoms with van der Waals surface area (Å²) in [5.41, 5.74) is 0. The number of nitrogens with one attached hydrogen (secondary N) is 2. The van der Waals surface area contributed by atoms with Crippen LogP contribution in [0.3, 0.4) is 0 Å². The standard InChI is InChI=1S/C8H12N2O2.CH2N2/c11-7-9-5-3-1-2-4-6-10-8-12;2-1-3/h1-6H2;2-3H. The number of hydrogen-bond donors (Lipinski definition) is 2. The third-order valence-electron chi connectivity index (χ3n) is 1.42. The summed E-state index contributed by atoms with van der Waals surface area (Å²) in [5.74, 6) is 0. The molecule has 0 aliphatic heterocycles.